The maximum atomic E-state index is 5.83. The molecular weight excluding hydrogens is 192 g/mol. The van der Waals surface area contributed by atoms with Crippen LogP contribution in [0.1, 0.15) is 12.8 Å². The molecule has 0 aliphatic heterocycles. The first-order chi connectivity index (χ1) is 7.33. The maximum absolute atomic E-state index is 5.83. The molecule has 0 aromatic carbocycles. The summed E-state index contributed by atoms with van der Waals surface area (Å²) < 4.78 is 10.2. The Morgan fingerprint density at radius 2 is 1.73 bits per heavy atom. The third kappa shape index (κ3) is 4.47. The molecule has 0 amide bonds. The monoisotopic (exact) mass is 216 g/mol. The molecule has 0 bridgehead atoms. The Balaban J connectivity index is 2.36. The quantitative estimate of drug-likeness (QED) is 0.603. The number of hydrogen-bond acceptors (Lipinski definition) is 4. The SMILES string of the molecule is COCCN(CCOC)C(CN)C1CC1. The van der Waals surface area contributed by atoms with Gasteiger partial charge in [-0.25, -0.2) is 0 Å². The van der Waals surface area contributed by atoms with E-state index in [2.05, 4.69) is 4.90 Å². The van der Waals surface area contributed by atoms with Crippen molar-refractivity contribution in [3.05, 3.63) is 0 Å². The first-order valence-electron chi connectivity index (χ1n) is 5.75. The lowest BCUT2D eigenvalue weighted by molar-refractivity contribution is 0.0825. The predicted octanol–water partition coefficient (Wildman–Crippen LogP) is 0.319. The van der Waals surface area contributed by atoms with Gasteiger partial charge >= 0.3 is 0 Å². The normalized spacial score (nSPS) is 18.4. The Morgan fingerprint density at radius 1 is 1.20 bits per heavy atom. The van der Waals surface area contributed by atoms with Gasteiger partial charge in [0, 0.05) is 39.9 Å². The van der Waals surface area contributed by atoms with E-state index >= 15 is 0 Å². The topological polar surface area (TPSA) is 47.7 Å². The lowest BCUT2D eigenvalue weighted by atomic mass is 10.1. The minimum Gasteiger partial charge on any atom is -0.383 e. The molecule has 1 atom stereocenters. The minimum atomic E-state index is 0.523. The van der Waals surface area contributed by atoms with Gasteiger partial charge in [0.05, 0.1) is 13.2 Å². The second kappa shape index (κ2) is 7.17. The zero-order chi connectivity index (χ0) is 11.1. The molecule has 1 fully saturated rings. The van der Waals surface area contributed by atoms with E-state index in [-0.39, 0.29) is 0 Å². The van der Waals surface area contributed by atoms with E-state index in [0.717, 1.165) is 38.8 Å². The third-order valence-corrected chi connectivity index (χ3v) is 3.04. The fourth-order valence-electron chi connectivity index (χ4n) is 1.98. The van der Waals surface area contributed by atoms with Crippen molar-refractivity contribution in [1.29, 1.82) is 0 Å². The van der Waals surface area contributed by atoms with Gasteiger partial charge in [0.1, 0.15) is 0 Å². The molecule has 0 radical (unpaired) electrons. The van der Waals surface area contributed by atoms with Crippen LogP contribution in [0, 0.1) is 5.92 Å². The molecule has 2 N–H and O–H groups in total. The molecule has 1 rings (SSSR count). The van der Waals surface area contributed by atoms with Crippen LogP contribution in [0.2, 0.25) is 0 Å². The van der Waals surface area contributed by atoms with Gasteiger partial charge in [0.25, 0.3) is 0 Å². The Labute approximate surface area is 92.7 Å². The highest BCUT2D eigenvalue weighted by atomic mass is 16.5. The summed E-state index contributed by atoms with van der Waals surface area (Å²) in [4.78, 5) is 2.41. The van der Waals surface area contributed by atoms with Crippen molar-refractivity contribution in [3.8, 4) is 0 Å². The van der Waals surface area contributed by atoms with Crippen LogP contribution in [0.25, 0.3) is 0 Å². The zero-order valence-corrected chi connectivity index (χ0v) is 9.95. The largest absolute Gasteiger partial charge is 0.383 e. The van der Waals surface area contributed by atoms with Crippen molar-refractivity contribution in [3.63, 3.8) is 0 Å². The molecule has 4 nitrogen and oxygen atoms in total. The van der Waals surface area contributed by atoms with E-state index in [9.17, 15) is 0 Å². The highest BCUT2D eigenvalue weighted by Gasteiger charge is 2.33. The molecule has 0 aromatic heterocycles. The van der Waals surface area contributed by atoms with Crippen molar-refractivity contribution in [2.24, 2.45) is 11.7 Å². The molecule has 0 aromatic rings. The first-order valence-corrected chi connectivity index (χ1v) is 5.75. The molecule has 15 heavy (non-hydrogen) atoms. The number of nitrogens with zero attached hydrogens (tertiary/aromatic N) is 1. The Bertz CT molecular complexity index is 155. The van der Waals surface area contributed by atoms with E-state index in [4.69, 9.17) is 15.2 Å². The van der Waals surface area contributed by atoms with Crippen LogP contribution in [0.15, 0.2) is 0 Å². The highest BCUT2D eigenvalue weighted by molar-refractivity contribution is 4.88. The van der Waals surface area contributed by atoms with E-state index in [0.29, 0.717) is 6.04 Å². The van der Waals surface area contributed by atoms with Crippen molar-refractivity contribution in [1.82, 2.24) is 4.90 Å². The molecule has 0 spiro atoms. The summed E-state index contributed by atoms with van der Waals surface area (Å²) in [6.07, 6.45) is 2.66. The number of rotatable bonds is 9. The summed E-state index contributed by atoms with van der Waals surface area (Å²) in [5.74, 6) is 0.809. The number of methoxy groups -OCH3 is 2. The number of nitrogens with two attached hydrogens (primary N) is 1. The van der Waals surface area contributed by atoms with Crippen LogP contribution < -0.4 is 5.73 Å². The fourth-order valence-corrected chi connectivity index (χ4v) is 1.98. The number of ether oxygens (including phenoxy) is 2. The van der Waals surface area contributed by atoms with Crippen LogP contribution in [-0.2, 0) is 9.47 Å². The molecule has 0 heterocycles. The average molecular weight is 216 g/mol. The van der Waals surface area contributed by atoms with Crippen molar-refractivity contribution in [2.45, 2.75) is 18.9 Å². The summed E-state index contributed by atoms with van der Waals surface area (Å²) >= 11 is 0. The molecular formula is C11H24N2O2. The van der Waals surface area contributed by atoms with Crippen molar-refractivity contribution in [2.75, 3.05) is 47.1 Å². The van der Waals surface area contributed by atoms with Gasteiger partial charge in [-0.05, 0) is 18.8 Å². The van der Waals surface area contributed by atoms with Crippen molar-refractivity contribution < 1.29 is 9.47 Å². The predicted molar refractivity (Wildman–Crippen MR) is 60.9 cm³/mol. The minimum absolute atomic E-state index is 0.523. The Morgan fingerprint density at radius 3 is 2.07 bits per heavy atom. The summed E-state index contributed by atoms with van der Waals surface area (Å²) in [7, 11) is 3.48. The maximum Gasteiger partial charge on any atom is 0.0589 e. The Hall–Kier alpha value is -0.160. The Kier molecular flexibility index (Phi) is 6.17. The summed E-state index contributed by atoms with van der Waals surface area (Å²) in [6, 6.07) is 0.523. The molecule has 1 unspecified atom stereocenters. The molecule has 1 aliphatic rings. The number of hydrogen-bond donors (Lipinski definition) is 1. The second-order valence-electron chi connectivity index (χ2n) is 4.16. The lowest BCUT2D eigenvalue weighted by Crippen LogP contribution is -2.45. The van der Waals surface area contributed by atoms with Gasteiger partial charge in [-0.15, -0.1) is 0 Å². The van der Waals surface area contributed by atoms with E-state index in [1.165, 1.54) is 12.8 Å². The molecule has 1 aliphatic carbocycles. The summed E-state index contributed by atoms with van der Waals surface area (Å²) in [5, 5.41) is 0. The smallest absolute Gasteiger partial charge is 0.0589 e. The first kappa shape index (κ1) is 12.9. The third-order valence-electron chi connectivity index (χ3n) is 3.04. The van der Waals surface area contributed by atoms with Crippen LogP contribution in [-0.4, -0.2) is 58.0 Å². The highest BCUT2D eigenvalue weighted by Crippen LogP contribution is 2.34. The summed E-state index contributed by atoms with van der Waals surface area (Å²) in [6.45, 7) is 4.20. The molecule has 4 heteroatoms. The molecule has 0 saturated heterocycles. The van der Waals surface area contributed by atoms with Gasteiger partial charge in [-0.3, -0.25) is 4.90 Å². The van der Waals surface area contributed by atoms with E-state index in [1.54, 1.807) is 14.2 Å². The average Bonchev–Trinajstić information content (AvgIpc) is 3.06. The van der Waals surface area contributed by atoms with Gasteiger partial charge in [-0.2, -0.15) is 0 Å². The van der Waals surface area contributed by atoms with E-state index in [1.807, 2.05) is 0 Å². The van der Waals surface area contributed by atoms with Gasteiger partial charge in [0.2, 0.25) is 0 Å². The zero-order valence-electron chi connectivity index (χ0n) is 9.95. The lowest BCUT2D eigenvalue weighted by Gasteiger charge is -2.30. The van der Waals surface area contributed by atoms with Crippen LogP contribution in [0.3, 0.4) is 0 Å². The standard InChI is InChI=1S/C11H24N2O2/c1-14-7-5-13(6-8-15-2)11(9-12)10-3-4-10/h10-11H,3-9,12H2,1-2H3. The molecule has 90 valence electrons. The van der Waals surface area contributed by atoms with Gasteiger partial charge in [-0.1, -0.05) is 0 Å². The fraction of sp³-hybridized carbons (Fsp3) is 1.00. The second-order valence-corrected chi connectivity index (χ2v) is 4.16. The van der Waals surface area contributed by atoms with Crippen LogP contribution >= 0.6 is 0 Å². The van der Waals surface area contributed by atoms with Gasteiger partial charge < -0.3 is 15.2 Å². The van der Waals surface area contributed by atoms with Crippen LogP contribution in [0.5, 0.6) is 0 Å². The van der Waals surface area contributed by atoms with Crippen LogP contribution in [0.4, 0.5) is 0 Å². The molecule has 1 saturated carbocycles. The van der Waals surface area contributed by atoms with Gasteiger partial charge in [0.15, 0.2) is 0 Å². The van der Waals surface area contributed by atoms with Crippen molar-refractivity contribution >= 4 is 0 Å². The van der Waals surface area contributed by atoms with E-state index < -0.39 is 0 Å². The summed E-state index contributed by atoms with van der Waals surface area (Å²) in [5.41, 5.74) is 5.83.